The van der Waals surface area contributed by atoms with Gasteiger partial charge in [-0.2, -0.15) is 0 Å². The van der Waals surface area contributed by atoms with Crippen LogP contribution in [0.4, 0.5) is 0 Å². The van der Waals surface area contributed by atoms with Crippen molar-refractivity contribution in [1.82, 2.24) is 10.3 Å². The summed E-state index contributed by atoms with van der Waals surface area (Å²) < 4.78 is 10.3. The predicted octanol–water partition coefficient (Wildman–Crippen LogP) is 1.63. The van der Waals surface area contributed by atoms with Crippen LogP contribution in [0.1, 0.15) is 29.6 Å². The zero-order valence-corrected chi connectivity index (χ0v) is 14.1. The highest BCUT2D eigenvalue weighted by atomic mass is 17.1. The smallest absolute Gasteiger partial charge is 0.339 e. The van der Waals surface area contributed by atoms with Crippen molar-refractivity contribution in [2.75, 3.05) is 33.5 Å². The summed E-state index contributed by atoms with van der Waals surface area (Å²) in [5, 5.41) is 26.2. The summed E-state index contributed by atoms with van der Waals surface area (Å²) in [5.41, 5.74) is 0.319. The van der Waals surface area contributed by atoms with Gasteiger partial charge in [-0.1, -0.05) is 0 Å². The lowest BCUT2D eigenvalue weighted by Crippen LogP contribution is -2.36. The third-order valence-electron chi connectivity index (χ3n) is 4.23. The first kappa shape index (κ1) is 19.4. The van der Waals surface area contributed by atoms with Crippen LogP contribution in [0.25, 0.3) is 0 Å². The number of methoxy groups -OCH3 is 1. The van der Waals surface area contributed by atoms with E-state index in [0.29, 0.717) is 11.5 Å². The summed E-state index contributed by atoms with van der Waals surface area (Å²) in [6.07, 6.45) is 2.58. The van der Waals surface area contributed by atoms with Crippen molar-refractivity contribution in [3.05, 3.63) is 23.8 Å². The van der Waals surface area contributed by atoms with Gasteiger partial charge in [0.25, 0.3) is 0 Å². The number of rotatable bonds is 8. The van der Waals surface area contributed by atoms with Crippen molar-refractivity contribution in [1.29, 1.82) is 0 Å². The van der Waals surface area contributed by atoms with Gasteiger partial charge in [0.2, 0.25) is 0 Å². The topological polar surface area (TPSA) is 112 Å². The zero-order valence-electron chi connectivity index (χ0n) is 14.1. The summed E-state index contributed by atoms with van der Waals surface area (Å²) in [4.78, 5) is 18.7. The number of likely N-dealkylation sites (tertiary alicyclic amines) is 1. The molecule has 0 saturated carbocycles. The lowest BCUT2D eigenvalue weighted by Gasteiger charge is -2.31. The number of esters is 1. The molecule has 0 radical (unpaired) electrons. The molecule has 1 aromatic rings. The van der Waals surface area contributed by atoms with E-state index in [1.807, 2.05) is 4.90 Å². The Balaban J connectivity index is 1.71. The molecule has 2 rings (SSSR count). The molecule has 0 amide bonds. The van der Waals surface area contributed by atoms with Gasteiger partial charge in [0.15, 0.2) is 11.5 Å². The number of nitrogens with zero attached hydrogens (tertiary/aromatic N) is 2. The molecular formula is C16H24N2O7. The van der Waals surface area contributed by atoms with Crippen LogP contribution in [0.3, 0.4) is 0 Å². The number of phenolic OH excluding ortho intramolecular Hbond substituents is 1. The summed E-state index contributed by atoms with van der Waals surface area (Å²) >= 11 is 0. The minimum Gasteiger partial charge on any atom is -0.504 e. The van der Waals surface area contributed by atoms with E-state index >= 15 is 0 Å². The number of hydrogen-bond acceptors (Lipinski definition) is 9. The van der Waals surface area contributed by atoms with E-state index in [0.717, 1.165) is 32.4 Å². The van der Waals surface area contributed by atoms with Crippen molar-refractivity contribution < 1.29 is 34.6 Å². The molecule has 0 aromatic heterocycles. The highest BCUT2D eigenvalue weighted by molar-refractivity contribution is 5.90. The minimum atomic E-state index is -0.472. The van der Waals surface area contributed by atoms with Crippen molar-refractivity contribution in [3.63, 3.8) is 0 Å². The van der Waals surface area contributed by atoms with Crippen LogP contribution in [-0.4, -0.2) is 65.3 Å². The Morgan fingerprint density at radius 1 is 1.32 bits per heavy atom. The fraction of sp³-hybridized carbons (Fsp3) is 0.562. The highest BCUT2D eigenvalue weighted by Gasteiger charge is 2.20. The van der Waals surface area contributed by atoms with Gasteiger partial charge in [0.1, 0.15) is 6.73 Å². The summed E-state index contributed by atoms with van der Waals surface area (Å²) in [6.45, 7) is 2.03. The molecule has 0 aliphatic carbocycles. The molecule has 1 heterocycles. The summed E-state index contributed by atoms with van der Waals surface area (Å²) in [5.74, 6) is 0.158. The van der Waals surface area contributed by atoms with E-state index in [1.165, 1.54) is 25.3 Å². The molecular weight excluding hydrogens is 332 g/mol. The fourth-order valence-electron chi connectivity index (χ4n) is 2.74. The Kier molecular flexibility index (Phi) is 7.41. The van der Waals surface area contributed by atoms with Crippen LogP contribution in [0.15, 0.2) is 18.2 Å². The normalized spacial score (nSPS) is 16.2. The van der Waals surface area contributed by atoms with Crippen molar-refractivity contribution >= 4 is 5.97 Å². The lowest BCUT2D eigenvalue weighted by molar-refractivity contribution is -0.492. The Morgan fingerprint density at radius 2 is 2.04 bits per heavy atom. The standard InChI is InChI=1S/C16H24N2O7/c1-23-15-10-13(2-3-14(15)19)16(20)24-11-17-7-4-12(5-8-17)6-9-25-18(21)22/h2-3,10,12,19,21-22H,4-9,11H2,1H3. The number of aromatic hydroxyl groups is 1. The number of hydrogen-bond donors (Lipinski definition) is 3. The third-order valence-corrected chi connectivity index (χ3v) is 4.23. The average Bonchev–Trinajstić information content (AvgIpc) is 2.61. The van der Waals surface area contributed by atoms with Gasteiger partial charge in [-0.3, -0.25) is 20.2 Å². The molecule has 9 heteroatoms. The quantitative estimate of drug-likeness (QED) is 0.472. The molecule has 0 bridgehead atoms. The Bertz CT molecular complexity index is 559. The largest absolute Gasteiger partial charge is 0.504 e. The number of phenols is 1. The molecule has 0 spiro atoms. The minimum absolute atomic E-state index is 0.0318. The van der Waals surface area contributed by atoms with Gasteiger partial charge in [-0.25, -0.2) is 4.79 Å². The summed E-state index contributed by atoms with van der Waals surface area (Å²) in [7, 11) is 1.41. The van der Waals surface area contributed by atoms with Crippen LogP contribution in [0, 0.1) is 5.92 Å². The number of piperidine rings is 1. The fourth-order valence-corrected chi connectivity index (χ4v) is 2.74. The maximum absolute atomic E-state index is 12.1. The second-order valence-corrected chi connectivity index (χ2v) is 5.88. The first-order valence-corrected chi connectivity index (χ1v) is 8.07. The van der Waals surface area contributed by atoms with E-state index in [-0.39, 0.29) is 30.2 Å². The van der Waals surface area contributed by atoms with Gasteiger partial charge in [0.05, 0.1) is 24.7 Å². The van der Waals surface area contributed by atoms with Crippen molar-refractivity contribution in [3.8, 4) is 11.5 Å². The highest BCUT2D eigenvalue weighted by Crippen LogP contribution is 2.26. The monoisotopic (exact) mass is 356 g/mol. The van der Waals surface area contributed by atoms with Gasteiger partial charge < -0.3 is 14.6 Å². The van der Waals surface area contributed by atoms with Crippen molar-refractivity contribution in [2.45, 2.75) is 19.3 Å². The molecule has 0 unspecified atom stereocenters. The average molecular weight is 356 g/mol. The van der Waals surface area contributed by atoms with Crippen molar-refractivity contribution in [2.24, 2.45) is 5.92 Å². The molecule has 1 saturated heterocycles. The molecule has 140 valence electrons. The molecule has 9 nitrogen and oxygen atoms in total. The molecule has 1 aliphatic rings. The van der Waals surface area contributed by atoms with Gasteiger partial charge >= 0.3 is 5.97 Å². The van der Waals surface area contributed by atoms with E-state index in [2.05, 4.69) is 4.84 Å². The first-order chi connectivity index (χ1) is 12.0. The predicted molar refractivity (Wildman–Crippen MR) is 85.2 cm³/mol. The lowest BCUT2D eigenvalue weighted by atomic mass is 9.94. The van der Waals surface area contributed by atoms with E-state index in [4.69, 9.17) is 19.9 Å². The Morgan fingerprint density at radius 3 is 2.68 bits per heavy atom. The van der Waals surface area contributed by atoms with Crippen LogP contribution in [0.2, 0.25) is 0 Å². The second kappa shape index (κ2) is 9.54. The number of ether oxygens (including phenoxy) is 2. The Hall–Kier alpha value is -1.91. The zero-order chi connectivity index (χ0) is 18.2. The molecule has 0 atom stereocenters. The maximum atomic E-state index is 12.1. The van der Waals surface area contributed by atoms with Gasteiger partial charge in [-0.15, -0.1) is 0 Å². The van der Waals surface area contributed by atoms with Crippen LogP contribution < -0.4 is 4.74 Å². The maximum Gasteiger partial charge on any atom is 0.339 e. The molecule has 1 aromatic carbocycles. The molecule has 1 fully saturated rings. The number of carbonyl (C=O) groups excluding carboxylic acids is 1. The van der Waals surface area contributed by atoms with Crippen LogP contribution in [-0.2, 0) is 9.57 Å². The van der Waals surface area contributed by atoms with E-state index < -0.39 is 5.97 Å². The number of benzene rings is 1. The summed E-state index contributed by atoms with van der Waals surface area (Å²) in [6, 6.07) is 4.32. The van der Waals surface area contributed by atoms with Gasteiger partial charge in [-0.05, 0) is 43.4 Å². The van der Waals surface area contributed by atoms with Gasteiger partial charge in [0, 0.05) is 13.1 Å². The SMILES string of the molecule is COc1cc(C(=O)OCN2CCC(CCON(O)O)CC2)ccc1O. The van der Waals surface area contributed by atoms with E-state index in [1.54, 1.807) is 0 Å². The van der Waals surface area contributed by atoms with Crippen LogP contribution in [0.5, 0.6) is 11.5 Å². The Labute approximate surface area is 145 Å². The van der Waals surface area contributed by atoms with E-state index in [9.17, 15) is 9.90 Å². The number of carbonyl (C=O) groups is 1. The second-order valence-electron chi connectivity index (χ2n) is 5.88. The molecule has 1 aliphatic heterocycles. The first-order valence-electron chi connectivity index (χ1n) is 8.07. The molecule has 25 heavy (non-hydrogen) atoms. The third kappa shape index (κ3) is 6.15. The van der Waals surface area contributed by atoms with Crippen LogP contribution >= 0.6 is 0 Å². The molecule has 3 N–H and O–H groups in total.